The highest BCUT2D eigenvalue weighted by molar-refractivity contribution is 5.72. The lowest BCUT2D eigenvalue weighted by Gasteiger charge is -2.07. The molecule has 0 spiro atoms. The van der Waals surface area contributed by atoms with Crippen LogP contribution in [0.1, 0.15) is 26.7 Å². The van der Waals surface area contributed by atoms with E-state index in [1.54, 1.807) is 0 Å². The molecule has 0 heterocycles. The Morgan fingerprint density at radius 2 is 2.27 bits per heavy atom. The Morgan fingerprint density at radius 3 is 2.73 bits per heavy atom. The van der Waals surface area contributed by atoms with Gasteiger partial charge in [-0.05, 0) is 25.3 Å². The van der Waals surface area contributed by atoms with Crippen molar-refractivity contribution in [1.29, 1.82) is 0 Å². The summed E-state index contributed by atoms with van der Waals surface area (Å²) in [6.07, 6.45) is 2.12. The number of carbonyl (C=O) groups excluding carboxylic acids is 1. The first-order valence-electron chi connectivity index (χ1n) is 4.11. The molecule has 11 heavy (non-hydrogen) atoms. The molecule has 3 nitrogen and oxygen atoms in total. The van der Waals surface area contributed by atoms with Crippen LogP contribution in [0.2, 0.25) is 0 Å². The molecule has 0 aromatic rings. The largest absolute Gasteiger partial charge is 0.356 e. The molecule has 1 atom stereocenters. The van der Waals surface area contributed by atoms with Gasteiger partial charge in [0.05, 0.1) is 0 Å². The van der Waals surface area contributed by atoms with Crippen molar-refractivity contribution in [3.8, 4) is 0 Å². The van der Waals surface area contributed by atoms with Gasteiger partial charge in [0, 0.05) is 13.5 Å². The fraction of sp³-hybridized carbons (Fsp3) is 0.875. The van der Waals surface area contributed by atoms with Crippen LogP contribution in [0.3, 0.4) is 0 Å². The summed E-state index contributed by atoms with van der Waals surface area (Å²) in [4.78, 5) is 10.4. The standard InChI is InChI=1S/C8H18N2O/c1-7(6-9)4-3-5-10-8(2)11/h7H,3-6,9H2,1-2H3,(H,10,11). The van der Waals surface area contributed by atoms with Crippen LogP contribution in [0.5, 0.6) is 0 Å². The SMILES string of the molecule is CC(=O)NCCCC(C)CN. The lowest BCUT2D eigenvalue weighted by molar-refractivity contribution is -0.118. The summed E-state index contributed by atoms with van der Waals surface area (Å²) in [5, 5.41) is 2.75. The van der Waals surface area contributed by atoms with Gasteiger partial charge in [-0.15, -0.1) is 0 Å². The van der Waals surface area contributed by atoms with Crippen molar-refractivity contribution in [2.75, 3.05) is 13.1 Å². The summed E-state index contributed by atoms with van der Waals surface area (Å²) in [7, 11) is 0. The third-order valence-electron chi connectivity index (χ3n) is 1.65. The maximum Gasteiger partial charge on any atom is 0.216 e. The molecule has 0 aliphatic carbocycles. The molecule has 0 radical (unpaired) electrons. The average Bonchev–Trinajstić information content (AvgIpc) is 1.97. The van der Waals surface area contributed by atoms with Crippen LogP contribution in [0.15, 0.2) is 0 Å². The molecule has 0 saturated carbocycles. The minimum absolute atomic E-state index is 0.0467. The van der Waals surface area contributed by atoms with Gasteiger partial charge < -0.3 is 11.1 Å². The second-order valence-corrected chi connectivity index (χ2v) is 2.97. The molecule has 0 aliphatic heterocycles. The smallest absolute Gasteiger partial charge is 0.216 e. The van der Waals surface area contributed by atoms with Gasteiger partial charge in [-0.3, -0.25) is 4.79 Å². The van der Waals surface area contributed by atoms with E-state index < -0.39 is 0 Å². The van der Waals surface area contributed by atoms with Crippen molar-refractivity contribution in [1.82, 2.24) is 5.32 Å². The number of nitrogens with two attached hydrogens (primary N) is 1. The van der Waals surface area contributed by atoms with Crippen LogP contribution >= 0.6 is 0 Å². The first-order chi connectivity index (χ1) is 5.16. The molecule has 0 fully saturated rings. The molecule has 0 aliphatic rings. The summed E-state index contributed by atoms with van der Waals surface area (Å²) < 4.78 is 0. The third kappa shape index (κ3) is 7.33. The Kier molecular flexibility index (Phi) is 5.84. The second kappa shape index (κ2) is 6.16. The summed E-state index contributed by atoms with van der Waals surface area (Å²) in [6, 6.07) is 0. The average molecular weight is 158 g/mol. The Balaban J connectivity index is 3.08. The fourth-order valence-corrected chi connectivity index (χ4v) is 0.833. The number of nitrogens with one attached hydrogen (secondary N) is 1. The van der Waals surface area contributed by atoms with Crippen LogP contribution in [0.25, 0.3) is 0 Å². The predicted octanol–water partition coefficient (Wildman–Crippen LogP) is 0.497. The van der Waals surface area contributed by atoms with Crippen molar-refractivity contribution in [3.63, 3.8) is 0 Å². The van der Waals surface area contributed by atoms with E-state index in [2.05, 4.69) is 12.2 Å². The Labute approximate surface area is 68.3 Å². The van der Waals surface area contributed by atoms with Gasteiger partial charge in [0.15, 0.2) is 0 Å². The molecule has 1 amide bonds. The normalized spacial score (nSPS) is 12.6. The first-order valence-corrected chi connectivity index (χ1v) is 4.11. The topological polar surface area (TPSA) is 55.1 Å². The summed E-state index contributed by atoms with van der Waals surface area (Å²) in [5.41, 5.74) is 5.43. The van der Waals surface area contributed by atoms with Gasteiger partial charge in [0.1, 0.15) is 0 Å². The van der Waals surface area contributed by atoms with E-state index in [4.69, 9.17) is 5.73 Å². The highest BCUT2D eigenvalue weighted by atomic mass is 16.1. The van der Waals surface area contributed by atoms with Crippen molar-refractivity contribution in [2.24, 2.45) is 11.7 Å². The molecule has 66 valence electrons. The van der Waals surface area contributed by atoms with E-state index in [9.17, 15) is 4.79 Å². The highest BCUT2D eigenvalue weighted by Crippen LogP contribution is 2.01. The van der Waals surface area contributed by atoms with Gasteiger partial charge in [0.25, 0.3) is 0 Å². The summed E-state index contributed by atoms with van der Waals surface area (Å²) in [5.74, 6) is 0.620. The Morgan fingerprint density at radius 1 is 1.64 bits per heavy atom. The van der Waals surface area contributed by atoms with Crippen LogP contribution in [0, 0.1) is 5.92 Å². The van der Waals surface area contributed by atoms with E-state index in [1.165, 1.54) is 6.92 Å². The molecule has 3 N–H and O–H groups in total. The van der Waals surface area contributed by atoms with Crippen LogP contribution < -0.4 is 11.1 Å². The molecule has 0 aromatic carbocycles. The zero-order valence-electron chi connectivity index (χ0n) is 7.39. The predicted molar refractivity (Wildman–Crippen MR) is 46.1 cm³/mol. The number of hydrogen-bond donors (Lipinski definition) is 2. The lowest BCUT2D eigenvalue weighted by atomic mass is 10.1. The zero-order chi connectivity index (χ0) is 8.69. The van der Waals surface area contributed by atoms with Gasteiger partial charge in [-0.25, -0.2) is 0 Å². The van der Waals surface area contributed by atoms with Crippen molar-refractivity contribution >= 4 is 5.91 Å². The summed E-state index contributed by atoms with van der Waals surface area (Å²) in [6.45, 7) is 5.17. The molecule has 3 heteroatoms. The molecular weight excluding hydrogens is 140 g/mol. The van der Waals surface area contributed by atoms with Gasteiger partial charge in [-0.1, -0.05) is 6.92 Å². The van der Waals surface area contributed by atoms with E-state index in [-0.39, 0.29) is 5.91 Å². The fourth-order valence-electron chi connectivity index (χ4n) is 0.833. The Bertz CT molecular complexity index is 115. The molecule has 0 aromatic heterocycles. The van der Waals surface area contributed by atoms with Gasteiger partial charge >= 0.3 is 0 Å². The number of carbonyl (C=O) groups is 1. The minimum atomic E-state index is 0.0467. The number of hydrogen-bond acceptors (Lipinski definition) is 2. The molecular formula is C8H18N2O. The number of rotatable bonds is 5. The lowest BCUT2D eigenvalue weighted by Crippen LogP contribution is -2.22. The van der Waals surface area contributed by atoms with Crippen molar-refractivity contribution in [2.45, 2.75) is 26.7 Å². The minimum Gasteiger partial charge on any atom is -0.356 e. The number of amides is 1. The third-order valence-corrected chi connectivity index (χ3v) is 1.65. The van der Waals surface area contributed by atoms with Crippen LogP contribution in [-0.4, -0.2) is 19.0 Å². The molecule has 0 bridgehead atoms. The van der Waals surface area contributed by atoms with E-state index in [1.807, 2.05) is 0 Å². The molecule has 1 unspecified atom stereocenters. The molecule has 0 rings (SSSR count). The quantitative estimate of drug-likeness (QED) is 0.572. The first kappa shape index (κ1) is 10.4. The van der Waals surface area contributed by atoms with Gasteiger partial charge in [-0.2, -0.15) is 0 Å². The maximum atomic E-state index is 10.4. The van der Waals surface area contributed by atoms with E-state index >= 15 is 0 Å². The molecule has 0 saturated heterocycles. The highest BCUT2D eigenvalue weighted by Gasteiger charge is 1.97. The zero-order valence-corrected chi connectivity index (χ0v) is 7.39. The van der Waals surface area contributed by atoms with E-state index in [0.29, 0.717) is 5.92 Å². The van der Waals surface area contributed by atoms with Crippen LogP contribution in [0.4, 0.5) is 0 Å². The summed E-state index contributed by atoms with van der Waals surface area (Å²) >= 11 is 0. The van der Waals surface area contributed by atoms with Crippen LogP contribution in [-0.2, 0) is 4.79 Å². The second-order valence-electron chi connectivity index (χ2n) is 2.97. The van der Waals surface area contributed by atoms with Crippen molar-refractivity contribution < 1.29 is 4.79 Å². The maximum absolute atomic E-state index is 10.4. The van der Waals surface area contributed by atoms with Crippen molar-refractivity contribution in [3.05, 3.63) is 0 Å². The van der Waals surface area contributed by atoms with Gasteiger partial charge in [0.2, 0.25) is 5.91 Å². The Hall–Kier alpha value is -0.570. The van der Waals surface area contributed by atoms with E-state index in [0.717, 1.165) is 25.9 Å². The monoisotopic (exact) mass is 158 g/mol.